The topological polar surface area (TPSA) is 52.0 Å². The van der Waals surface area contributed by atoms with E-state index in [2.05, 4.69) is 36.2 Å². The Hall–Kier alpha value is -0.940. The predicted octanol–water partition coefficient (Wildman–Crippen LogP) is 1.95. The van der Waals surface area contributed by atoms with Crippen molar-refractivity contribution in [3.8, 4) is 0 Å². The summed E-state index contributed by atoms with van der Waals surface area (Å²) in [5.41, 5.74) is -0.0965. The molecule has 0 bridgehead atoms. The standard InChI is InChI=1S/C14H26N4O/c1-11(2)18-13(16-10-17-18)9-12(15-4)14(3)7-5-6-8-19-14/h10-12,15H,5-9H2,1-4H3. The molecule has 2 atom stereocenters. The summed E-state index contributed by atoms with van der Waals surface area (Å²) in [5.74, 6) is 1.03. The first kappa shape index (κ1) is 14.5. The first-order valence-electron chi connectivity index (χ1n) is 7.26. The van der Waals surface area contributed by atoms with Crippen LogP contribution in [0.4, 0.5) is 0 Å². The zero-order valence-corrected chi connectivity index (χ0v) is 12.5. The number of rotatable bonds is 5. The van der Waals surface area contributed by atoms with E-state index in [9.17, 15) is 0 Å². The van der Waals surface area contributed by atoms with Gasteiger partial charge in [0.2, 0.25) is 0 Å². The molecule has 1 aromatic heterocycles. The summed E-state index contributed by atoms with van der Waals surface area (Å²) in [5, 5.41) is 7.72. The average Bonchev–Trinajstić information content (AvgIpc) is 2.85. The van der Waals surface area contributed by atoms with Gasteiger partial charge in [-0.3, -0.25) is 0 Å². The average molecular weight is 266 g/mol. The third kappa shape index (κ3) is 3.15. The molecule has 1 aliphatic rings. The third-order valence-corrected chi connectivity index (χ3v) is 4.11. The molecule has 0 saturated carbocycles. The summed E-state index contributed by atoms with van der Waals surface area (Å²) in [6, 6.07) is 0.615. The van der Waals surface area contributed by atoms with E-state index in [1.165, 1.54) is 12.8 Å². The van der Waals surface area contributed by atoms with Crippen LogP contribution in [-0.4, -0.2) is 40.1 Å². The molecule has 0 amide bonds. The number of nitrogens with one attached hydrogen (secondary N) is 1. The van der Waals surface area contributed by atoms with Crippen molar-refractivity contribution in [2.75, 3.05) is 13.7 Å². The van der Waals surface area contributed by atoms with E-state index in [1.54, 1.807) is 6.33 Å². The second-order valence-corrected chi connectivity index (χ2v) is 5.88. The monoisotopic (exact) mass is 266 g/mol. The fraction of sp³-hybridized carbons (Fsp3) is 0.857. The highest BCUT2D eigenvalue weighted by molar-refractivity contribution is 4.99. The van der Waals surface area contributed by atoms with E-state index >= 15 is 0 Å². The number of hydrogen-bond donors (Lipinski definition) is 1. The molecule has 5 heteroatoms. The zero-order valence-electron chi connectivity index (χ0n) is 12.5. The molecule has 0 spiro atoms. The normalized spacial score (nSPS) is 25.7. The van der Waals surface area contributed by atoms with Crippen LogP contribution in [-0.2, 0) is 11.2 Å². The van der Waals surface area contributed by atoms with Crippen molar-refractivity contribution in [1.82, 2.24) is 20.1 Å². The van der Waals surface area contributed by atoms with Crippen LogP contribution in [0.3, 0.4) is 0 Å². The SMILES string of the molecule is CNC(Cc1ncnn1C(C)C)C1(C)CCCCO1. The van der Waals surface area contributed by atoms with Crippen LogP contribution >= 0.6 is 0 Å². The van der Waals surface area contributed by atoms with E-state index in [0.29, 0.717) is 6.04 Å². The molecule has 108 valence electrons. The lowest BCUT2D eigenvalue weighted by molar-refractivity contribution is -0.0875. The molecular formula is C14H26N4O. The van der Waals surface area contributed by atoms with Gasteiger partial charge in [0, 0.05) is 25.1 Å². The Labute approximate surface area is 115 Å². The summed E-state index contributed by atoms with van der Waals surface area (Å²) in [7, 11) is 2.00. The van der Waals surface area contributed by atoms with Gasteiger partial charge in [-0.15, -0.1) is 0 Å². The van der Waals surface area contributed by atoms with Crippen molar-refractivity contribution in [3.63, 3.8) is 0 Å². The highest BCUT2D eigenvalue weighted by atomic mass is 16.5. The summed E-state index contributed by atoms with van der Waals surface area (Å²) in [6.07, 6.45) is 6.02. The van der Waals surface area contributed by atoms with Crippen LogP contribution in [0.2, 0.25) is 0 Å². The maximum Gasteiger partial charge on any atom is 0.138 e. The van der Waals surface area contributed by atoms with Gasteiger partial charge in [0.25, 0.3) is 0 Å². The minimum atomic E-state index is -0.0965. The van der Waals surface area contributed by atoms with Gasteiger partial charge in [-0.05, 0) is 47.1 Å². The molecule has 1 fully saturated rings. The number of likely N-dealkylation sites (N-methyl/N-ethyl adjacent to an activating group) is 1. The van der Waals surface area contributed by atoms with Crippen molar-refractivity contribution >= 4 is 0 Å². The Morgan fingerprint density at radius 1 is 1.47 bits per heavy atom. The number of ether oxygens (including phenoxy) is 1. The summed E-state index contributed by atoms with van der Waals surface area (Å²) in [4.78, 5) is 4.41. The lowest BCUT2D eigenvalue weighted by Gasteiger charge is -2.40. The van der Waals surface area contributed by atoms with Gasteiger partial charge < -0.3 is 10.1 Å². The minimum absolute atomic E-state index is 0.0965. The van der Waals surface area contributed by atoms with Crippen LogP contribution in [0.5, 0.6) is 0 Å². The van der Waals surface area contributed by atoms with Crippen LogP contribution in [0, 0.1) is 0 Å². The van der Waals surface area contributed by atoms with E-state index in [1.807, 2.05) is 11.7 Å². The number of aromatic nitrogens is 3. The van der Waals surface area contributed by atoms with Crippen LogP contribution in [0.25, 0.3) is 0 Å². The Morgan fingerprint density at radius 2 is 2.26 bits per heavy atom. The molecule has 5 nitrogen and oxygen atoms in total. The van der Waals surface area contributed by atoms with Crippen molar-refractivity contribution < 1.29 is 4.74 Å². The summed E-state index contributed by atoms with van der Waals surface area (Å²) in [6.45, 7) is 7.34. The third-order valence-electron chi connectivity index (χ3n) is 4.11. The van der Waals surface area contributed by atoms with Crippen molar-refractivity contribution in [2.24, 2.45) is 0 Å². The second-order valence-electron chi connectivity index (χ2n) is 5.88. The van der Waals surface area contributed by atoms with E-state index < -0.39 is 0 Å². The Morgan fingerprint density at radius 3 is 2.84 bits per heavy atom. The fourth-order valence-electron chi connectivity index (χ4n) is 2.89. The van der Waals surface area contributed by atoms with Gasteiger partial charge >= 0.3 is 0 Å². The molecule has 19 heavy (non-hydrogen) atoms. The molecule has 0 radical (unpaired) electrons. The Kier molecular flexibility index (Phi) is 4.58. The number of nitrogens with zero attached hydrogens (tertiary/aromatic N) is 3. The van der Waals surface area contributed by atoms with E-state index in [-0.39, 0.29) is 11.6 Å². The van der Waals surface area contributed by atoms with Crippen LogP contribution < -0.4 is 5.32 Å². The molecule has 2 rings (SSSR count). The quantitative estimate of drug-likeness (QED) is 0.885. The largest absolute Gasteiger partial charge is 0.374 e. The molecule has 2 unspecified atom stereocenters. The molecule has 1 aromatic rings. The molecule has 2 heterocycles. The van der Waals surface area contributed by atoms with Crippen molar-refractivity contribution in [3.05, 3.63) is 12.2 Å². The Bertz CT molecular complexity index is 396. The highest BCUT2D eigenvalue weighted by Crippen LogP contribution is 2.29. The molecular weight excluding hydrogens is 240 g/mol. The van der Waals surface area contributed by atoms with Crippen LogP contribution in [0.1, 0.15) is 51.9 Å². The predicted molar refractivity (Wildman–Crippen MR) is 75.2 cm³/mol. The number of hydrogen-bond acceptors (Lipinski definition) is 4. The van der Waals surface area contributed by atoms with Gasteiger partial charge in [-0.25, -0.2) is 9.67 Å². The van der Waals surface area contributed by atoms with Crippen molar-refractivity contribution in [1.29, 1.82) is 0 Å². The van der Waals surface area contributed by atoms with Crippen LogP contribution in [0.15, 0.2) is 6.33 Å². The highest BCUT2D eigenvalue weighted by Gasteiger charge is 2.36. The van der Waals surface area contributed by atoms with Crippen molar-refractivity contribution in [2.45, 2.75) is 64.1 Å². The van der Waals surface area contributed by atoms with Gasteiger partial charge in [-0.2, -0.15) is 5.10 Å². The van der Waals surface area contributed by atoms with Gasteiger partial charge in [0.05, 0.1) is 5.60 Å². The lowest BCUT2D eigenvalue weighted by Crippen LogP contribution is -2.52. The molecule has 1 saturated heterocycles. The van der Waals surface area contributed by atoms with E-state index in [4.69, 9.17) is 4.74 Å². The smallest absolute Gasteiger partial charge is 0.138 e. The fourth-order valence-corrected chi connectivity index (χ4v) is 2.89. The second kappa shape index (κ2) is 6.01. The van der Waals surface area contributed by atoms with Gasteiger partial charge in [0.1, 0.15) is 12.2 Å². The molecule has 0 aliphatic carbocycles. The Balaban J connectivity index is 2.12. The maximum absolute atomic E-state index is 6.05. The molecule has 1 aliphatic heterocycles. The first-order chi connectivity index (χ1) is 9.07. The summed E-state index contributed by atoms with van der Waals surface area (Å²) < 4.78 is 8.04. The lowest BCUT2D eigenvalue weighted by atomic mass is 9.86. The molecule has 1 N–H and O–H groups in total. The van der Waals surface area contributed by atoms with Gasteiger partial charge in [0.15, 0.2) is 0 Å². The summed E-state index contributed by atoms with van der Waals surface area (Å²) >= 11 is 0. The zero-order chi connectivity index (χ0) is 13.9. The molecule has 0 aromatic carbocycles. The minimum Gasteiger partial charge on any atom is -0.374 e. The van der Waals surface area contributed by atoms with E-state index in [0.717, 1.165) is 25.3 Å². The maximum atomic E-state index is 6.05. The van der Waals surface area contributed by atoms with Gasteiger partial charge in [-0.1, -0.05) is 0 Å². The first-order valence-corrected chi connectivity index (χ1v) is 7.26.